The molecule has 0 amide bonds. The number of rotatable bonds is 6. The van der Waals surface area contributed by atoms with Crippen molar-refractivity contribution in [3.8, 4) is 0 Å². The molecule has 0 bridgehead atoms. The zero-order valence-electron chi connectivity index (χ0n) is 11.6. The number of nitrogens with two attached hydrogens (primary N) is 1. The number of para-hydroxylation sites is 1. The monoisotopic (exact) mass is 282 g/mol. The molecule has 0 heterocycles. The van der Waals surface area contributed by atoms with E-state index in [0.717, 1.165) is 17.7 Å². The second-order valence-corrected chi connectivity index (χ2v) is 5.81. The van der Waals surface area contributed by atoms with Gasteiger partial charge in [0.25, 0.3) is 0 Å². The Morgan fingerprint density at radius 3 is 2.67 bits per heavy atom. The third kappa shape index (κ3) is 3.39. The second kappa shape index (κ2) is 7.00. The molecule has 1 unspecified atom stereocenters. The predicted molar refractivity (Wildman–Crippen MR) is 87.9 cm³/mol. The van der Waals surface area contributed by atoms with E-state index in [2.05, 4.69) is 38.1 Å². The molecule has 0 aromatic heterocycles. The first-order valence-corrected chi connectivity index (χ1v) is 7.94. The molecule has 1 aromatic carbocycles. The fourth-order valence-corrected chi connectivity index (χ4v) is 3.21. The van der Waals surface area contributed by atoms with Gasteiger partial charge in [-0.2, -0.15) is 11.8 Å². The number of aryl methyl sites for hydroxylation is 1. The van der Waals surface area contributed by atoms with Crippen molar-refractivity contribution < 1.29 is 0 Å². The van der Waals surface area contributed by atoms with Crippen molar-refractivity contribution in [2.45, 2.75) is 26.3 Å². The molecule has 1 aromatic rings. The molecule has 18 heavy (non-hydrogen) atoms. The fourth-order valence-electron chi connectivity index (χ4n) is 2.20. The van der Waals surface area contributed by atoms with Gasteiger partial charge in [-0.15, -0.1) is 0 Å². The molecule has 1 atom stereocenters. The molecule has 1 rings (SSSR count). The summed E-state index contributed by atoms with van der Waals surface area (Å²) in [5.74, 6) is 1.11. The summed E-state index contributed by atoms with van der Waals surface area (Å²) in [4.78, 5) is 2.79. The molecule has 2 N–H and O–H groups in total. The van der Waals surface area contributed by atoms with E-state index in [4.69, 9.17) is 18.0 Å². The van der Waals surface area contributed by atoms with E-state index < -0.39 is 0 Å². The molecule has 4 heteroatoms. The molecular weight excluding hydrogens is 260 g/mol. The molecule has 0 fully saturated rings. The van der Waals surface area contributed by atoms with Crippen molar-refractivity contribution in [3.63, 3.8) is 0 Å². The maximum absolute atomic E-state index is 5.84. The minimum atomic E-state index is 0.472. The van der Waals surface area contributed by atoms with Gasteiger partial charge in [-0.05, 0) is 31.2 Å². The lowest BCUT2D eigenvalue weighted by Gasteiger charge is -2.31. The van der Waals surface area contributed by atoms with Gasteiger partial charge < -0.3 is 10.6 Å². The molecule has 0 spiro atoms. The number of anilines is 1. The van der Waals surface area contributed by atoms with Gasteiger partial charge >= 0.3 is 0 Å². The number of nitrogens with zero attached hydrogens (tertiary/aromatic N) is 1. The van der Waals surface area contributed by atoms with E-state index in [1.807, 2.05) is 23.9 Å². The summed E-state index contributed by atoms with van der Waals surface area (Å²) in [6, 6.07) is 6.64. The smallest absolute Gasteiger partial charge is 0.106 e. The fraction of sp³-hybridized carbons (Fsp3) is 0.500. The van der Waals surface area contributed by atoms with Crippen molar-refractivity contribution >= 4 is 34.7 Å². The average molecular weight is 282 g/mol. The molecule has 2 nitrogen and oxygen atoms in total. The van der Waals surface area contributed by atoms with E-state index in [0.29, 0.717) is 11.0 Å². The van der Waals surface area contributed by atoms with Crippen LogP contribution in [0.5, 0.6) is 0 Å². The van der Waals surface area contributed by atoms with E-state index >= 15 is 0 Å². The molecule has 0 aliphatic rings. The van der Waals surface area contributed by atoms with Crippen LogP contribution in [0.15, 0.2) is 18.2 Å². The SMILES string of the molecule is CCC(CSC)N(C)c1c(C)cccc1C(N)=S. The lowest BCUT2D eigenvalue weighted by Crippen LogP contribution is -2.35. The zero-order chi connectivity index (χ0) is 13.7. The van der Waals surface area contributed by atoms with Crippen LogP contribution in [0.3, 0.4) is 0 Å². The lowest BCUT2D eigenvalue weighted by atomic mass is 10.0. The maximum atomic E-state index is 5.84. The first-order chi connectivity index (χ1) is 8.52. The minimum Gasteiger partial charge on any atom is -0.389 e. The summed E-state index contributed by atoms with van der Waals surface area (Å²) in [7, 11) is 2.13. The van der Waals surface area contributed by atoms with Crippen molar-refractivity contribution in [2.75, 3.05) is 24.0 Å². The summed E-state index contributed by atoms with van der Waals surface area (Å²) in [6.45, 7) is 4.33. The molecular formula is C14H22N2S2. The summed E-state index contributed by atoms with van der Waals surface area (Å²) < 4.78 is 0. The zero-order valence-corrected chi connectivity index (χ0v) is 13.2. The Kier molecular flexibility index (Phi) is 5.96. The number of hydrogen-bond donors (Lipinski definition) is 1. The molecule has 0 saturated heterocycles. The maximum Gasteiger partial charge on any atom is 0.106 e. The Morgan fingerprint density at radius 1 is 1.50 bits per heavy atom. The van der Waals surface area contributed by atoms with Crippen molar-refractivity contribution in [3.05, 3.63) is 29.3 Å². The standard InChI is InChI=1S/C14H22N2S2/c1-5-11(9-18-4)16(3)13-10(2)7-6-8-12(13)14(15)17/h6-8,11H,5,9H2,1-4H3,(H2,15,17). The number of thioether (sulfide) groups is 1. The van der Waals surface area contributed by atoms with Gasteiger partial charge in [0.15, 0.2) is 0 Å². The number of thiocarbonyl (C=S) groups is 1. The van der Waals surface area contributed by atoms with Crippen LogP contribution < -0.4 is 10.6 Å². The Balaban J connectivity index is 3.17. The van der Waals surface area contributed by atoms with Crippen molar-refractivity contribution in [1.82, 2.24) is 0 Å². The lowest BCUT2D eigenvalue weighted by molar-refractivity contribution is 0.671. The highest BCUT2D eigenvalue weighted by molar-refractivity contribution is 7.98. The van der Waals surface area contributed by atoms with E-state index in [-0.39, 0.29) is 0 Å². The highest BCUT2D eigenvalue weighted by Gasteiger charge is 2.18. The average Bonchev–Trinajstić information content (AvgIpc) is 2.34. The van der Waals surface area contributed by atoms with Crippen LogP contribution in [0.25, 0.3) is 0 Å². The van der Waals surface area contributed by atoms with Crippen LogP contribution in [0.1, 0.15) is 24.5 Å². The third-order valence-corrected chi connectivity index (χ3v) is 4.17. The molecule has 0 aliphatic carbocycles. The first-order valence-electron chi connectivity index (χ1n) is 6.14. The van der Waals surface area contributed by atoms with Gasteiger partial charge in [-0.1, -0.05) is 31.3 Å². The van der Waals surface area contributed by atoms with Crippen LogP contribution >= 0.6 is 24.0 Å². The molecule has 100 valence electrons. The molecule has 0 saturated carbocycles. The van der Waals surface area contributed by atoms with Crippen LogP contribution in [0, 0.1) is 6.92 Å². The largest absolute Gasteiger partial charge is 0.389 e. The van der Waals surface area contributed by atoms with E-state index in [9.17, 15) is 0 Å². The van der Waals surface area contributed by atoms with Gasteiger partial charge in [0.05, 0.1) is 0 Å². The van der Waals surface area contributed by atoms with Crippen LogP contribution in [0.2, 0.25) is 0 Å². The molecule has 0 radical (unpaired) electrons. The highest BCUT2D eigenvalue weighted by Crippen LogP contribution is 2.27. The Hall–Kier alpha value is -0.740. The minimum absolute atomic E-state index is 0.472. The van der Waals surface area contributed by atoms with Gasteiger partial charge in [0.1, 0.15) is 4.99 Å². The van der Waals surface area contributed by atoms with Crippen molar-refractivity contribution in [1.29, 1.82) is 0 Å². The second-order valence-electron chi connectivity index (χ2n) is 4.46. The van der Waals surface area contributed by atoms with Crippen LogP contribution in [0.4, 0.5) is 5.69 Å². The number of benzene rings is 1. The highest BCUT2D eigenvalue weighted by atomic mass is 32.2. The first kappa shape index (κ1) is 15.3. The van der Waals surface area contributed by atoms with Gasteiger partial charge in [0, 0.05) is 30.1 Å². The summed E-state index contributed by atoms with van der Waals surface area (Å²) in [5.41, 5.74) is 9.21. The summed E-state index contributed by atoms with van der Waals surface area (Å²) >= 11 is 7.03. The predicted octanol–water partition coefficient (Wildman–Crippen LogP) is 3.21. The van der Waals surface area contributed by atoms with Crippen molar-refractivity contribution in [2.24, 2.45) is 5.73 Å². The van der Waals surface area contributed by atoms with Crippen LogP contribution in [-0.2, 0) is 0 Å². The van der Waals surface area contributed by atoms with Gasteiger partial charge in [0.2, 0.25) is 0 Å². The summed E-state index contributed by atoms with van der Waals surface area (Å²) in [6.07, 6.45) is 3.26. The number of hydrogen-bond acceptors (Lipinski definition) is 3. The Morgan fingerprint density at radius 2 is 2.17 bits per heavy atom. The third-order valence-electron chi connectivity index (χ3n) is 3.23. The Bertz CT molecular complexity index is 418. The quantitative estimate of drug-likeness (QED) is 0.811. The topological polar surface area (TPSA) is 29.3 Å². The van der Waals surface area contributed by atoms with Gasteiger partial charge in [-0.25, -0.2) is 0 Å². The van der Waals surface area contributed by atoms with E-state index in [1.54, 1.807) is 0 Å². The van der Waals surface area contributed by atoms with Crippen LogP contribution in [-0.4, -0.2) is 30.1 Å². The summed E-state index contributed by atoms with van der Waals surface area (Å²) in [5, 5.41) is 0. The van der Waals surface area contributed by atoms with Gasteiger partial charge in [-0.3, -0.25) is 0 Å². The Labute approximate surface area is 120 Å². The van der Waals surface area contributed by atoms with E-state index in [1.165, 1.54) is 11.3 Å². The molecule has 0 aliphatic heterocycles. The normalized spacial score (nSPS) is 12.2.